The van der Waals surface area contributed by atoms with E-state index in [4.69, 9.17) is 0 Å². The summed E-state index contributed by atoms with van der Waals surface area (Å²) in [6.45, 7) is 4.26. The zero-order chi connectivity index (χ0) is 16.8. The Bertz CT molecular complexity index is 584. The van der Waals surface area contributed by atoms with Gasteiger partial charge in [-0.2, -0.15) is 0 Å². The Kier molecular flexibility index (Phi) is 5.69. The Morgan fingerprint density at radius 1 is 1.29 bits per heavy atom. The number of rotatable bonds is 5. The number of hydrogen-bond donors (Lipinski definition) is 3. The number of carbonyl (C=O) groups is 2. The van der Waals surface area contributed by atoms with E-state index in [9.17, 15) is 9.59 Å². The van der Waals surface area contributed by atoms with E-state index in [2.05, 4.69) is 16.0 Å². The molecular weight excluding hydrogens is 304 g/mol. The summed E-state index contributed by atoms with van der Waals surface area (Å²) in [6, 6.07) is 7.20. The van der Waals surface area contributed by atoms with E-state index in [1.165, 1.54) is 12.8 Å². The van der Waals surface area contributed by atoms with Crippen LogP contribution in [0.5, 0.6) is 0 Å². The molecule has 3 rings (SSSR count). The number of benzene rings is 1. The van der Waals surface area contributed by atoms with E-state index >= 15 is 0 Å². The predicted octanol–water partition coefficient (Wildman–Crippen LogP) is 1.73. The molecule has 2 aliphatic heterocycles. The van der Waals surface area contributed by atoms with Gasteiger partial charge in [-0.05, 0) is 62.9 Å². The first-order valence-electron chi connectivity index (χ1n) is 8.88. The second-order valence-corrected chi connectivity index (χ2v) is 6.54. The Morgan fingerprint density at radius 2 is 2.21 bits per heavy atom. The highest BCUT2D eigenvalue weighted by atomic mass is 16.2. The first kappa shape index (κ1) is 16.8. The van der Waals surface area contributed by atoms with Gasteiger partial charge in [0.25, 0.3) is 5.91 Å². The molecule has 1 aromatic rings. The van der Waals surface area contributed by atoms with Crippen molar-refractivity contribution in [1.82, 2.24) is 16.0 Å². The molecule has 0 aliphatic carbocycles. The normalized spacial score (nSPS) is 21.2. The van der Waals surface area contributed by atoms with Crippen LogP contribution >= 0.6 is 0 Å². The summed E-state index contributed by atoms with van der Waals surface area (Å²) in [4.78, 5) is 26.0. The Balaban J connectivity index is 1.54. The molecule has 1 atom stereocenters. The molecule has 6 heteroatoms. The van der Waals surface area contributed by atoms with Gasteiger partial charge in [-0.25, -0.2) is 4.79 Å². The molecule has 1 aromatic carbocycles. The highest BCUT2D eigenvalue weighted by Crippen LogP contribution is 2.18. The first-order chi connectivity index (χ1) is 11.7. The largest absolute Gasteiger partial charge is 0.352 e. The van der Waals surface area contributed by atoms with Gasteiger partial charge in [-0.1, -0.05) is 6.07 Å². The highest BCUT2D eigenvalue weighted by Gasteiger charge is 2.20. The third-order valence-corrected chi connectivity index (χ3v) is 4.74. The van der Waals surface area contributed by atoms with Crippen LogP contribution in [0.25, 0.3) is 0 Å². The average Bonchev–Trinajstić information content (AvgIpc) is 2.63. The minimum absolute atomic E-state index is 0.0713. The number of nitrogens with zero attached hydrogens (tertiary/aromatic N) is 1. The fraction of sp³-hybridized carbons (Fsp3) is 0.556. The minimum Gasteiger partial charge on any atom is -0.352 e. The maximum Gasteiger partial charge on any atom is 0.321 e. The monoisotopic (exact) mass is 330 g/mol. The first-order valence-corrected chi connectivity index (χ1v) is 8.88. The van der Waals surface area contributed by atoms with Crippen LogP contribution in [-0.2, 0) is 0 Å². The van der Waals surface area contributed by atoms with Crippen LogP contribution in [-0.4, -0.2) is 44.7 Å². The second-order valence-electron chi connectivity index (χ2n) is 6.54. The smallest absolute Gasteiger partial charge is 0.321 e. The van der Waals surface area contributed by atoms with Gasteiger partial charge in [-0.3, -0.25) is 9.69 Å². The van der Waals surface area contributed by atoms with Crippen LogP contribution < -0.4 is 20.9 Å². The van der Waals surface area contributed by atoms with Crippen molar-refractivity contribution in [2.75, 3.05) is 37.6 Å². The summed E-state index contributed by atoms with van der Waals surface area (Å²) < 4.78 is 0. The van der Waals surface area contributed by atoms with Gasteiger partial charge in [0.1, 0.15) is 0 Å². The number of amides is 3. The lowest BCUT2D eigenvalue weighted by Gasteiger charge is -2.27. The summed E-state index contributed by atoms with van der Waals surface area (Å²) in [7, 11) is 0. The van der Waals surface area contributed by atoms with Crippen LogP contribution in [0.1, 0.15) is 36.0 Å². The van der Waals surface area contributed by atoms with E-state index in [1.54, 1.807) is 17.0 Å². The summed E-state index contributed by atoms with van der Waals surface area (Å²) in [5, 5.41) is 9.23. The third-order valence-electron chi connectivity index (χ3n) is 4.74. The highest BCUT2D eigenvalue weighted by molar-refractivity contribution is 5.97. The molecule has 1 unspecified atom stereocenters. The molecule has 24 heavy (non-hydrogen) atoms. The summed E-state index contributed by atoms with van der Waals surface area (Å²) in [5.41, 5.74) is 1.38. The molecule has 0 aromatic heterocycles. The van der Waals surface area contributed by atoms with Gasteiger partial charge in [-0.15, -0.1) is 0 Å². The van der Waals surface area contributed by atoms with Crippen molar-refractivity contribution >= 4 is 17.6 Å². The topological polar surface area (TPSA) is 73.5 Å². The molecule has 6 nitrogen and oxygen atoms in total. The fourth-order valence-electron chi connectivity index (χ4n) is 3.35. The molecule has 0 saturated carbocycles. The molecule has 0 spiro atoms. The van der Waals surface area contributed by atoms with Gasteiger partial charge in [0, 0.05) is 30.9 Å². The van der Waals surface area contributed by atoms with Crippen molar-refractivity contribution < 1.29 is 9.59 Å². The zero-order valence-corrected chi connectivity index (χ0v) is 14.0. The van der Waals surface area contributed by atoms with Crippen molar-refractivity contribution in [3.05, 3.63) is 29.8 Å². The number of nitrogens with one attached hydrogen (secondary N) is 3. The number of anilines is 1. The fourth-order valence-corrected chi connectivity index (χ4v) is 3.35. The van der Waals surface area contributed by atoms with Crippen molar-refractivity contribution in [2.45, 2.75) is 25.7 Å². The number of hydrogen-bond acceptors (Lipinski definition) is 3. The summed E-state index contributed by atoms with van der Waals surface area (Å²) >= 11 is 0. The SMILES string of the molecule is O=C(NCCC1CCCNC1)c1cccc(N2CCCNC2=O)c1. The van der Waals surface area contributed by atoms with Crippen molar-refractivity contribution in [2.24, 2.45) is 5.92 Å². The summed E-state index contributed by atoms with van der Waals surface area (Å²) in [6.07, 6.45) is 4.38. The second kappa shape index (κ2) is 8.15. The van der Waals surface area contributed by atoms with E-state index in [-0.39, 0.29) is 11.9 Å². The molecule has 130 valence electrons. The lowest BCUT2D eigenvalue weighted by Crippen LogP contribution is -2.46. The average molecular weight is 330 g/mol. The lowest BCUT2D eigenvalue weighted by molar-refractivity contribution is 0.0950. The molecule has 2 saturated heterocycles. The molecule has 3 amide bonds. The predicted molar refractivity (Wildman–Crippen MR) is 94.3 cm³/mol. The van der Waals surface area contributed by atoms with Crippen LogP contribution in [0.4, 0.5) is 10.5 Å². The molecule has 0 bridgehead atoms. The maximum absolute atomic E-state index is 12.4. The molecule has 2 fully saturated rings. The molecule has 3 N–H and O–H groups in total. The van der Waals surface area contributed by atoms with Crippen LogP contribution in [0.3, 0.4) is 0 Å². The van der Waals surface area contributed by atoms with E-state index in [0.717, 1.165) is 31.6 Å². The molecule has 2 heterocycles. The number of urea groups is 1. The van der Waals surface area contributed by atoms with Crippen LogP contribution in [0, 0.1) is 5.92 Å². The van der Waals surface area contributed by atoms with E-state index in [0.29, 0.717) is 31.1 Å². The Hall–Kier alpha value is -2.08. The van der Waals surface area contributed by atoms with Crippen LogP contribution in [0.15, 0.2) is 24.3 Å². The Morgan fingerprint density at radius 3 is 3.00 bits per heavy atom. The van der Waals surface area contributed by atoms with Gasteiger partial charge in [0.05, 0.1) is 0 Å². The van der Waals surface area contributed by atoms with E-state index < -0.39 is 0 Å². The summed E-state index contributed by atoms with van der Waals surface area (Å²) in [5.74, 6) is 0.584. The van der Waals surface area contributed by atoms with Crippen molar-refractivity contribution in [3.8, 4) is 0 Å². The van der Waals surface area contributed by atoms with Crippen molar-refractivity contribution in [1.29, 1.82) is 0 Å². The van der Waals surface area contributed by atoms with Crippen LogP contribution in [0.2, 0.25) is 0 Å². The molecule has 0 radical (unpaired) electrons. The number of carbonyl (C=O) groups excluding carboxylic acids is 2. The molecular formula is C18H26N4O2. The standard InChI is InChI=1S/C18H26N4O2/c23-17(20-10-7-14-4-2-8-19-13-14)15-5-1-6-16(12-15)22-11-3-9-21-18(22)24/h1,5-6,12,14,19H,2-4,7-11,13H2,(H,20,23)(H,21,24). The molecule has 2 aliphatic rings. The van der Waals surface area contributed by atoms with Gasteiger partial charge >= 0.3 is 6.03 Å². The quantitative estimate of drug-likeness (QED) is 0.770. The van der Waals surface area contributed by atoms with E-state index in [1.807, 2.05) is 12.1 Å². The Labute approximate surface area is 143 Å². The van der Waals surface area contributed by atoms with Gasteiger partial charge < -0.3 is 16.0 Å². The van der Waals surface area contributed by atoms with Gasteiger partial charge in [0.15, 0.2) is 0 Å². The third kappa shape index (κ3) is 4.26. The maximum atomic E-state index is 12.4. The van der Waals surface area contributed by atoms with Gasteiger partial charge in [0.2, 0.25) is 0 Å². The minimum atomic E-state index is -0.0939. The number of piperidine rings is 1. The lowest BCUT2D eigenvalue weighted by atomic mass is 9.96. The zero-order valence-electron chi connectivity index (χ0n) is 14.0. The van der Waals surface area contributed by atoms with Crippen molar-refractivity contribution in [3.63, 3.8) is 0 Å².